The van der Waals surface area contributed by atoms with E-state index in [2.05, 4.69) is 6.92 Å². The van der Waals surface area contributed by atoms with Crippen LogP contribution in [0.3, 0.4) is 0 Å². The van der Waals surface area contributed by atoms with Crippen molar-refractivity contribution in [2.45, 2.75) is 203 Å². The Labute approximate surface area is 328 Å². The van der Waals surface area contributed by atoms with E-state index in [4.69, 9.17) is 18.5 Å². The van der Waals surface area contributed by atoms with E-state index < -0.39 is 40.0 Å². The zero-order chi connectivity index (χ0) is 39.7. The van der Waals surface area contributed by atoms with Crippen molar-refractivity contribution in [2.75, 3.05) is 47.5 Å². The predicted octanol–water partition coefficient (Wildman–Crippen LogP) is 10.8. The van der Waals surface area contributed by atoms with Gasteiger partial charge in [0.05, 0.1) is 27.7 Å². The number of carbonyl (C=O) groups excluding carboxylic acids is 2. The molecule has 0 saturated heterocycles. The summed E-state index contributed by atoms with van der Waals surface area (Å²) in [4.78, 5) is 37.5. The summed E-state index contributed by atoms with van der Waals surface area (Å²) < 4.78 is 45.7. The Kier molecular flexibility index (Phi) is 33.1. The summed E-state index contributed by atoms with van der Waals surface area (Å²) in [5, 5.41) is 0.928. The van der Waals surface area contributed by atoms with Gasteiger partial charge in [-0.1, -0.05) is 84.0 Å². The van der Waals surface area contributed by atoms with Gasteiger partial charge in [-0.05, 0) is 12.8 Å². The Morgan fingerprint density at radius 3 is 1.42 bits per heavy atom. The number of quaternary nitrogens is 1. The van der Waals surface area contributed by atoms with Gasteiger partial charge < -0.3 is 27.9 Å². The van der Waals surface area contributed by atoms with E-state index in [0.29, 0.717) is 17.4 Å². The predicted molar refractivity (Wildman–Crippen MR) is 217 cm³/mol. The Bertz CT molecular complexity index is 985. The molecule has 53 heavy (non-hydrogen) atoms. The van der Waals surface area contributed by atoms with Crippen molar-refractivity contribution < 1.29 is 45.8 Å². The molecular weight excluding hydrogens is 756 g/mol. The van der Waals surface area contributed by atoms with Crippen LogP contribution in [0.5, 0.6) is 0 Å². The number of nitrogens with zero attached hydrogens (tertiary/aromatic N) is 1. The third-order valence-electron chi connectivity index (χ3n) is 9.47. The number of hydrogen-bond acceptors (Lipinski definition) is 9. The molecular formula is C41H83AsNO9P. The van der Waals surface area contributed by atoms with Crippen molar-refractivity contribution in [3.05, 3.63) is 0 Å². The molecule has 0 radical (unpaired) electrons. The summed E-state index contributed by atoms with van der Waals surface area (Å²) in [5.41, 5.74) is 3.87. The van der Waals surface area contributed by atoms with Gasteiger partial charge in [-0.3, -0.25) is 14.2 Å². The number of likely N-dealkylation sites (N-methyl/N-ethyl adjacent to an activating group) is 1. The van der Waals surface area contributed by atoms with Crippen LogP contribution < -0.4 is 4.89 Å². The van der Waals surface area contributed by atoms with Gasteiger partial charge in [0.15, 0.2) is 6.10 Å². The summed E-state index contributed by atoms with van der Waals surface area (Å²) in [6, 6.07) is 0. The first-order chi connectivity index (χ1) is 25.1. The molecule has 0 aromatic carbocycles. The second-order valence-corrected chi connectivity index (χ2v) is 25.6. The summed E-state index contributed by atoms with van der Waals surface area (Å²) in [5.74, 6) is -0.847. The molecule has 2 atom stereocenters. The quantitative estimate of drug-likeness (QED) is 0.0195. The molecule has 0 heterocycles. The van der Waals surface area contributed by atoms with Gasteiger partial charge in [-0.15, -0.1) is 0 Å². The minimum atomic E-state index is -4.62. The van der Waals surface area contributed by atoms with Gasteiger partial charge in [0.25, 0.3) is 7.82 Å². The molecule has 0 saturated carbocycles. The van der Waals surface area contributed by atoms with Crippen molar-refractivity contribution in [3.8, 4) is 0 Å². The van der Waals surface area contributed by atoms with E-state index in [1.165, 1.54) is 109 Å². The van der Waals surface area contributed by atoms with Gasteiger partial charge in [0.1, 0.15) is 19.8 Å². The Balaban J connectivity index is 4.34. The molecule has 0 aromatic heterocycles. The molecule has 0 aromatic rings. The van der Waals surface area contributed by atoms with Gasteiger partial charge in [-0.25, -0.2) is 0 Å². The fraction of sp³-hybridized carbons (Fsp3) is 0.951. The first-order valence-electron chi connectivity index (χ1n) is 21.4. The van der Waals surface area contributed by atoms with Crippen LogP contribution in [0.2, 0.25) is 16.6 Å². The van der Waals surface area contributed by atoms with E-state index in [9.17, 15) is 22.8 Å². The van der Waals surface area contributed by atoms with Crippen LogP contribution in [0.25, 0.3) is 0 Å². The van der Waals surface area contributed by atoms with Gasteiger partial charge in [0, 0.05) is 12.8 Å². The fourth-order valence-corrected chi connectivity index (χ4v) is 8.87. The van der Waals surface area contributed by atoms with Crippen LogP contribution in [-0.2, 0) is 36.4 Å². The van der Waals surface area contributed by atoms with Crippen LogP contribution in [0.1, 0.15) is 180 Å². The standard InChI is InChI=1S/C41H83AsNO9P/c1-7-8-9-10-11-12-13-14-17-20-23-26-29-32-40(44)49-37-39(38-51-53(47,48)50-36-35-43(4,5)6)52-41(45)33-30-27-24-21-18-15-16-19-22-25-28-31-34-42(2,3)46/h39H,7-38H2,1-6H3/t39-/m1/s1. The normalized spacial score (nSPS) is 13.9. The molecule has 10 nitrogen and oxygen atoms in total. The number of phosphoric ester groups is 1. The third kappa shape index (κ3) is 40.8. The van der Waals surface area contributed by atoms with E-state index in [-0.39, 0.29) is 32.0 Å². The average Bonchev–Trinajstić information content (AvgIpc) is 3.07. The third-order valence-corrected chi connectivity index (χ3v) is 13.4. The molecule has 0 fully saturated rings. The number of unbranched alkanes of at least 4 members (excludes halogenated alkanes) is 23. The molecule has 0 amide bonds. The molecule has 0 spiro atoms. The van der Waals surface area contributed by atoms with E-state index >= 15 is 0 Å². The zero-order valence-corrected chi connectivity index (χ0v) is 38.0. The van der Waals surface area contributed by atoms with Gasteiger partial charge in [0.2, 0.25) is 0 Å². The molecule has 0 aliphatic carbocycles. The first kappa shape index (κ1) is 52.4. The van der Waals surface area contributed by atoms with Crippen LogP contribution in [-0.4, -0.2) is 83.5 Å². The number of rotatable bonds is 39. The van der Waals surface area contributed by atoms with Crippen LogP contribution in [0.15, 0.2) is 0 Å². The Hall–Kier alpha value is -0.632. The minimum absolute atomic E-state index is 0.0345. The maximum absolute atomic E-state index is 12.7. The molecule has 12 heteroatoms. The van der Waals surface area contributed by atoms with Crippen molar-refractivity contribution in [3.63, 3.8) is 0 Å². The van der Waals surface area contributed by atoms with E-state index in [1.54, 1.807) is 0 Å². The first-order valence-corrected chi connectivity index (χ1v) is 28.7. The molecule has 0 aliphatic rings. The molecule has 0 rings (SSSR count). The number of esters is 2. The molecule has 1 unspecified atom stereocenters. The number of phosphoric acid groups is 1. The maximum atomic E-state index is 12.7. The number of carbonyl (C=O) groups is 2. The second-order valence-electron chi connectivity index (χ2n) is 16.7. The van der Waals surface area contributed by atoms with Crippen LogP contribution in [0, 0.1) is 0 Å². The van der Waals surface area contributed by atoms with E-state index in [1.807, 2.05) is 32.6 Å². The summed E-state index contributed by atoms with van der Waals surface area (Å²) >= 11 is -2.45. The van der Waals surface area contributed by atoms with Crippen molar-refractivity contribution in [1.29, 1.82) is 0 Å². The zero-order valence-electron chi connectivity index (χ0n) is 35.2. The Morgan fingerprint density at radius 2 is 1.00 bits per heavy atom. The second kappa shape index (κ2) is 33.5. The molecule has 316 valence electrons. The van der Waals surface area contributed by atoms with Crippen molar-refractivity contribution in [2.24, 2.45) is 0 Å². The number of hydrogen-bond donors (Lipinski definition) is 0. The molecule has 0 aliphatic heterocycles. The van der Waals surface area contributed by atoms with E-state index in [0.717, 1.165) is 50.2 Å². The fourth-order valence-electron chi connectivity index (χ4n) is 6.07. The Morgan fingerprint density at radius 1 is 0.604 bits per heavy atom. The van der Waals surface area contributed by atoms with Crippen LogP contribution in [0.4, 0.5) is 0 Å². The summed E-state index contributed by atoms with van der Waals surface area (Å²) in [7, 11) is 1.15. The van der Waals surface area contributed by atoms with Crippen molar-refractivity contribution >= 4 is 33.3 Å². The van der Waals surface area contributed by atoms with Gasteiger partial charge >= 0.3 is 116 Å². The van der Waals surface area contributed by atoms with Crippen molar-refractivity contribution in [1.82, 2.24) is 0 Å². The van der Waals surface area contributed by atoms with Crippen LogP contribution >= 0.6 is 7.82 Å². The number of ether oxygens (including phenoxy) is 2. The average molecular weight is 840 g/mol. The van der Waals surface area contributed by atoms with Gasteiger partial charge in [-0.2, -0.15) is 0 Å². The summed E-state index contributed by atoms with van der Waals surface area (Å²) in [6.07, 6.45) is 28.8. The molecule has 0 N–H and O–H groups in total. The summed E-state index contributed by atoms with van der Waals surface area (Å²) in [6.45, 7) is 1.95. The monoisotopic (exact) mass is 840 g/mol. The topological polar surface area (TPSA) is 128 Å². The SMILES string of the molecule is CCCCCCCCCCCCCCCC(=O)OC[C@H](COP(=O)([O-])OCC[N+](C)(C)C)OC(=O)CCCCCCCCCCCCCC[As](C)(C)=O. The molecule has 0 bridgehead atoms.